The summed E-state index contributed by atoms with van der Waals surface area (Å²) < 4.78 is 5.14. The molecule has 0 saturated heterocycles. The second kappa shape index (κ2) is 5.46. The molecule has 1 fully saturated rings. The predicted molar refractivity (Wildman–Crippen MR) is 93.4 cm³/mol. The van der Waals surface area contributed by atoms with Gasteiger partial charge in [0.05, 0.1) is 18.2 Å². The molecular weight excluding hydrogens is 310 g/mol. The van der Waals surface area contributed by atoms with Crippen LogP contribution in [0.3, 0.4) is 0 Å². The number of nitrogens with one attached hydrogen (secondary N) is 1. The maximum atomic E-state index is 6.12. The van der Waals surface area contributed by atoms with Gasteiger partial charge in [-0.25, -0.2) is 4.99 Å². The molecule has 2 aliphatic rings. The van der Waals surface area contributed by atoms with E-state index in [1.807, 2.05) is 6.07 Å². The Morgan fingerprint density at radius 3 is 2.91 bits per heavy atom. The van der Waals surface area contributed by atoms with Crippen LogP contribution in [0.1, 0.15) is 17.0 Å². The van der Waals surface area contributed by atoms with Crippen LogP contribution in [-0.2, 0) is 6.42 Å². The van der Waals surface area contributed by atoms with Gasteiger partial charge >= 0.3 is 0 Å². The van der Waals surface area contributed by atoms with Gasteiger partial charge in [-0.15, -0.1) is 0 Å². The van der Waals surface area contributed by atoms with E-state index in [0.29, 0.717) is 34.6 Å². The van der Waals surface area contributed by atoms with Crippen molar-refractivity contribution in [2.24, 2.45) is 16.6 Å². The third kappa shape index (κ3) is 2.53. The number of methoxy groups -OCH3 is 1. The lowest BCUT2D eigenvalue weighted by Gasteiger charge is -2.09. The molecule has 4 nitrogen and oxygen atoms in total. The summed E-state index contributed by atoms with van der Waals surface area (Å²) in [6, 6.07) is 14.4. The first-order valence-corrected chi connectivity index (χ1v) is 8.07. The van der Waals surface area contributed by atoms with Gasteiger partial charge in [0.25, 0.3) is 0 Å². The van der Waals surface area contributed by atoms with Crippen molar-refractivity contribution in [1.29, 1.82) is 0 Å². The van der Waals surface area contributed by atoms with E-state index < -0.39 is 0 Å². The molecule has 0 aromatic heterocycles. The number of guanidine groups is 1. The highest BCUT2D eigenvalue weighted by Gasteiger charge is 2.55. The Bertz CT molecular complexity index is 790. The average Bonchev–Trinajstić information content (AvgIpc) is 3.04. The molecule has 2 aliphatic carbocycles. The lowest BCUT2D eigenvalue weighted by atomic mass is 10.1. The number of rotatable bonds is 3. The zero-order chi connectivity index (χ0) is 16.0. The fourth-order valence-electron chi connectivity index (χ4n) is 3.58. The van der Waals surface area contributed by atoms with Gasteiger partial charge < -0.3 is 15.8 Å². The first kappa shape index (κ1) is 14.4. The molecule has 0 aliphatic heterocycles. The Labute approximate surface area is 140 Å². The van der Waals surface area contributed by atoms with Crippen LogP contribution < -0.4 is 15.8 Å². The Hall–Kier alpha value is -2.20. The van der Waals surface area contributed by atoms with Crippen molar-refractivity contribution in [3.05, 3.63) is 58.6 Å². The maximum Gasteiger partial charge on any atom is 0.193 e. The van der Waals surface area contributed by atoms with Crippen molar-refractivity contribution >= 4 is 23.2 Å². The normalized spacial score (nSPS) is 24.8. The van der Waals surface area contributed by atoms with E-state index in [-0.39, 0.29) is 0 Å². The summed E-state index contributed by atoms with van der Waals surface area (Å²) >= 11 is 6.12. The van der Waals surface area contributed by atoms with Crippen LogP contribution in [0.5, 0.6) is 5.75 Å². The Kier molecular flexibility index (Phi) is 3.42. The van der Waals surface area contributed by atoms with Crippen molar-refractivity contribution in [2.75, 3.05) is 12.4 Å². The number of anilines is 1. The first-order chi connectivity index (χ1) is 11.2. The summed E-state index contributed by atoms with van der Waals surface area (Å²) in [5.74, 6) is 2.21. The third-order valence-corrected chi connectivity index (χ3v) is 5.00. The number of fused-ring (bicyclic) bond motifs is 3. The number of hydrogen-bond acceptors (Lipinski definition) is 2. The summed E-state index contributed by atoms with van der Waals surface area (Å²) in [4.78, 5) is 4.65. The van der Waals surface area contributed by atoms with Gasteiger partial charge in [0.1, 0.15) is 5.75 Å². The first-order valence-electron chi connectivity index (χ1n) is 7.69. The molecule has 2 aromatic carbocycles. The van der Waals surface area contributed by atoms with E-state index in [9.17, 15) is 0 Å². The highest BCUT2D eigenvalue weighted by molar-refractivity contribution is 6.32. The summed E-state index contributed by atoms with van der Waals surface area (Å²) in [6.07, 6.45) is 1.11. The van der Waals surface area contributed by atoms with Crippen LogP contribution in [0, 0.1) is 5.92 Å². The minimum atomic E-state index is 0.297. The zero-order valence-electron chi connectivity index (χ0n) is 12.8. The standard InChI is InChI=1S/C18H18ClN3O/c1-23-15-7-6-11(9-14(15)19)21-18(20)22-17-13-8-10-4-2-3-5-12(10)16(13)17/h2-7,9,13,16-17H,8H2,1H3,(H3,20,21,22). The lowest BCUT2D eigenvalue weighted by molar-refractivity contribution is 0.415. The van der Waals surface area contributed by atoms with Crippen LogP contribution in [0.2, 0.25) is 5.02 Å². The SMILES string of the molecule is COc1ccc(NC(N)=NC2C3Cc4ccccc4C32)cc1Cl. The molecule has 3 unspecified atom stereocenters. The molecule has 1 saturated carbocycles. The summed E-state index contributed by atoms with van der Waals surface area (Å²) in [7, 11) is 1.59. The molecular formula is C18H18ClN3O. The number of ether oxygens (including phenoxy) is 1. The average molecular weight is 328 g/mol. The van der Waals surface area contributed by atoms with Crippen LogP contribution in [0.25, 0.3) is 0 Å². The Balaban J connectivity index is 1.46. The number of hydrogen-bond donors (Lipinski definition) is 2. The zero-order valence-corrected chi connectivity index (χ0v) is 13.5. The number of halogens is 1. The molecule has 5 heteroatoms. The van der Waals surface area contributed by atoms with E-state index >= 15 is 0 Å². The van der Waals surface area contributed by atoms with Crippen LogP contribution in [0.4, 0.5) is 5.69 Å². The van der Waals surface area contributed by atoms with E-state index in [4.69, 9.17) is 22.1 Å². The lowest BCUT2D eigenvalue weighted by Crippen LogP contribution is -2.23. The van der Waals surface area contributed by atoms with E-state index in [2.05, 4.69) is 34.6 Å². The molecule has 0 radical (unpaired) electrons. The monoisotopic (exact) mass is 327 g/mol. The smallest absolute Gasteiger partial charge is 0.193 e. The fourth-order valence-corrected chi connectivity index (χ4v) is 3.84. The van der Waals surface area contributed by atoms with E-state index in [0.717, 1.165) is 12.1 Å². The highest BCUT2D eigenvalue weighted by Crippen LogP contribution is 2.58. The van der Waals surface area contributed by atoms with Gasteiger partial charge in [-0.2, -0.15) is 0 Å². The number of aliphatic imine (C=N–C) groups is 1. The summed E-state index contributed by atoms with van der Waals surface area (Å²) in [5, 5.41) is 3.65. The minimum Gasteiger partial charge on any atom is -0.495 e. The highest BCUT2D eigenvalue weighted by atomic mass is 35.5. The molecule has 3 N–H and O–H groups in total. The van der Waals surface area contributed by atoms with E-state index in [1.165, 1.54) is 11.1 Å². The van der Waals surface area contributed by atoms with Crippen molar-refractivity contribution < 1.29 is 4.74 Å². The minimum absolute atomic E-state index is 0.297. The fraction of sp³-hybridized carbons (Fsp3) is 0.278. The predicted octanol–water partition coefficient (Wildman–Crippen LogP) is 3.41. The molecule has 23 heavy (non-hydrogen) atoms. The van der Waals surface area contributed by atoms with Crippen LogP contribution in [-0.4, -0.2) is 19.1 Å². The number of nitrogens with zero attached hydrogens (tertiary/aromatic N) is 1. The van der Waals surface area contributed by atoms with Crippen molar-refractivity contribution in [2.45, 2.75) is 18.4 Å². The third-order valence-electron chi connectivity index (χ3n) is 4.71. The van der Waals surface area contributed by atoms with Crippen LogP contribution in [0.15, 0.2) is 47.5 Å². The molecule has 0 bridgehead atoms. The Morgan fingerprint density at radius 2 is 2.13 bits per heavy atom. The van der Waals surface area contributed by atoms with Crippen molar-refractivity contribution in [1.82, 2.24) is 0 Å². The summed E-state index contributed by atoms with van der Waals surface area (Å²) in [6.45, 7) is 0. The molecule has 0 spiro atoms. The van der Waals surface area contributed by atoms with Crippen molar-refractivity contribution in [3.63, 3.8) is 0 Å². The Morgan fingerprint density at radius 1 is 1.30 bits per heavy atom. The molecule has 4 rings (SSSR count). The molecule has 0 heterocycles. The van der Waals surface area contributed by atoms with Gasteiger partial charge in [0.15, 0.2) is 5.96 Å². The van der Waals surface area contributed by atoms with Gasteiger partial charge in [-0.05, 0) is 41.7 Å². The molecule has 2 aromatic rings. The van der Waals surface area contributed by atoms with Gasteiger partial charge in [0, 0.05) is 11.6 Å². The van der Waals surface area contributed by atoms with Crippen LogP contribution >= 0.6 is 11.6 Å². The largest absolute Gasteiger partial charge is 0.495 e. The summed E-state index contributed by atoms with van der Waals surface area (Å²) in [5.41, 5.74) is 9.76. The van der Waals surface area contributed by atoms with Gasteiger partial charge in [-0.3, -0.25) is 0 Å². The van der Waals surface area contributed by atoms with Gasteiger partial charge in [-0.1, -0.05) is 35.9 Å². The number of benzene rings is 2. The second-order valence-corrected chi connectivity index (χ2v) is 6.48. The molecule has 3 atom stereocenters. The maximum absolute atomic E-state index is 6.12. The van der Waals surface area contributed by atoms with E-state index in [1.54, 1.807) is 19.2 Å². The quantitative estimate of drug-likeness (QED) is 0.671. The van der Waals surface area contributed by atoms with Gasteiger partial charge in [0.2, 0.25) is 0 Å². The molecule has 0 amide bonds. The topological polar surface area (TPSA) is 59.6 Å². The second-order valence-electron chi connectivity index (χ2n) is 6.07. The molecule has 118 valence electrons. The van der Waals surface area contributed by atoms with Crippen molar-refractivity contribution in [3.8, 4) is 5.75 Å². The number of nitrogens with two attached hydrogens (primary N) is 1.